The van der Waals surface area contributed by atoms with Crippen LogP contribution in [0.25, 0.3) is 0 Å². The van der Waals surface area contributed by atoms with Gasteiger partial charge in [-0.1, -0.05) is 38.7 Å². The van der Waals surface area contributed by atoms with Gasteiger partial charge in [-0.15, -0.1) is 0 Å². The number of hydrogen-bond donors (Lipinski definition) is 0. The van der Waals surface area contributed by atoms with E-state index in [1.807, 2.05) is 0 Å². The van der Waals surface area contributed by atoms with Crippen LogP contribution in [0.15, 0.2) is 11.1 Å². The highest BCUT2D eigenvalue weighted by atomic mass is 16.1. The molecule has 0 spiro atoms. The van der Waals surface area contributed by atoms with E-state index < -0.39 is 0 Å². The standard InChI is InChI=1S/C15H24O/c1-15(2)10-12-8-6-4-3-5-7-9-13(12)14(16)11-15/h3-11H2,1-2H3. The van der Waals surface area contributed by atoms with Crippen molar-refractivity contribution in [3.63, 3.8) is 0 Å². The molecule has 0 aromatic carbocycles. The van der Waals surface area contributed by atoms with Crippen molar-refractivity contribution in [2.45, 2.75) is 71.6 Å². The Balaban J connectivity index is 2.21. The Kier molecular flexibility index (Phi) is 3.51. The maximum absolute atomic E-state index is 12.2. The van der Waals surface area contributed by atoms with Gasteiger partial charge in [0.25, 0.3) is 0 Å². The van der Waals surface area contributed by atoms with Gasteiger partial charge < -0.3 is 0 Å². The zero-order valence-corrected chi connectivity index (χ0v) is 10.8. The van der Waals surface area contributed by atoms with Crippen LogP contribution < -0.4 is 0 Å². The number of allylic oxidation sites excluding steroid dienone is 2. The van der Waals surface area contributed by atoms with E-state index in [4.69, 9.17) is 0 Å². The fourth-order valence-corrected chi connectivity index (χ4v) is 3.21. The maximum Gasteiger partial charge on any atom is 0.159 e. The molecular formula is C15H24O. The summed E-state index contributed by atoms with van der Waals surface area (Å²) in [6, 6.07) is 0. The van der Waals surface area contributed by atoms with Crippen molar-refractivity contribution >= 4 is 5.78 Å². The smallest absolute Gasteiger partial charge is 0.159 e. The Hall–Kier alpha value is -0.590. The number of carbonyl (C=O) groups is 1. The highest BCUT2D eigenvalue weighted by molar-refractivity contribution is 5.97. The molecule has 90 valence electrons. The number of rotatable bonds is 0. The van der Waals surface area contributed by atoms with Crippen LogP contribution in [0.2, 0.25) is 0 Å². The zero-order valence-electron chi connectivity index (χ0n) is 10.8. The van der Waals surface area contributed by atoms with Crippen LogP contribution in [0.5, 0.6) is 0 Å². The summed E-state index contributed by atoms with van der Waals surface area (Å²) < 4.78 is 0. The molecule has 0 bridgehead atoms. The lowest BCUT2D eigenvalue weighted by Gasteiger charge is -2.32. The van der Waals surface area contributed by atoms with Gasteiger partial charge in [-0.05, 0) is 43.1 Å². The first-order valence-corrected chi connectivity index (χ1v) is 6.83. The summed E-state index contributed by atoms with van der Waals surface area (Å²) in [6.07, 6.45) is 10.7. The molecule has 0 aromatic heterocycles. The van der Waals surface area contributed by atoms with Gasteiger partial charge in [-0.2, -0.15) is 0 Å². The molecule has 0 atom stereocenters. The summed E-state index contributed by atoms with van der Waals surface area (Å²) in [5.41, 5.74) is 2.94. The first-order chi connectivity index (χ1) is 7.58. The Labute approximate surface area is 99.3 Å². The highest BCUT2D eigenvalue weighted by Gasteiger charge is 2.32. The monoisotopic (exact) mass is 220 g/mol. The van der Waals surface area contributed by atoms with Gasteiger partial charge in [0.15, 0.2) is 5.78 Å². The summed E-state index contributed by atoms with van der Waals surface area (Å²) in [6.45, 7) is 4.47. The first-order valence-electron chi connectivity index (χ1n) is 6.83. The fourth-order valence-electron chi connectivity index (χ4n) is 3.21. The van der Waals surface area contributed by atoms with Crippen molar-refractivity contribution in [1.82, 2.24) is 0 Å². The van der Waals surface area contributed by atoms with Crippen LogP contribution >= 0.6 is 0 Å². The van der Waals surface area contributed by atoms with Crippen molar-refractivity contribution in [3.05, 3.63) is 11.1 Å². The van der Waals surface area contributed by atoms with E-state index in [0.717, 1.165) is 19.3 Å². The molecule has 1 nitrogen and oxygen atoms in total. The molecule has 0 unspecified atom stereocenters. The lowest BCUT2D eigenvalue weighted by molar-refractivity contribution is -0.118. The van der Waals surface area contributed by atoms with E-state index in [1.165, 1.54) is 49.7 Å². The maximum atomic E-state index is 12.2. The molecule has 2 aliphatic carbocycles. The summed E-state index contributed by atoms with van der Waals surface area (Å²) >= 11 is 0. The Bertz CT molecular complexity index is 309. The Morgan fingerprint density at radius 3 is 2.25 bits per heavy atom. The molecular weight excluding hydrogens is 196 g/mol. The molecule has 0 amide bonds. The van der Waals surface area contributed by atoms with Crippen LogP contribution in [0.4, 0.5) is 0 Å². The molecule has 2 rings (SSSR count). The van der Waals surface area contributed by atoms with Crippen molar-refractivity contribution in [3.8, 4) is 0 Å². The SMILES string of the molecule is CC1(C)CC(=O)C2=C(CCCCCCC2)C1. The van der Waals surface area contributed by atoms with E-state index in [-0.39, 0.29) is 5.41 Å². The van der Waals surface area contributed by atoms with Crippen molar-refractivity contribution in [2.75, 3.05) is 0 Å². The highest BCUT2D eigenvalue weighted by Crippen LogP contribution is 2.40. The summed E-state index contributed by atoms with van der Waals surface area (Å²) in [5.74, 6) is 0.452. The topological polar surface area (TPSA) is 17.1 Å². The van der Waals surface area contributed by atoms with Gasteiger partial charge in [0.05, 0.1) is 0 Å². The average molecular weight is 220 g/mol. The minimum absolute atomic E-state index is 0.212. The molecule has 0 aliphatic heterocycles. The third kappa shape index (κ3) is 2.75. The van der Waals surface area contributed by atoms with Gasteiger partial charge >= 0.3 is 0 Å². The van der Waals surface area contributed by atoms with Crippen LogP contribution in [0.3, 0.4) is 0 Å². The normalized spacial score (nSPS) is 26.8. The molecule has 1 heteroatoms. The van der Waals surface area contributed by atoms with Crippen LogP contribution in [0.1, 0.15) is 71.6 Å². The van der Waals surface area contributed by atoms with E-state index in [0.29, 0.717) is 5.78 Å². The summed E-state index contributed by atoms with van der Waals surface area (Å²) in [4.78, 5) is 12.2. The molecule has 0 saturated carbocycles. The third-order valence-corrected chi connectivity index (χ3v) is 4.00. The van der Waals surface area contributed by atoms with Crippen molar-refractivity contribution in [2.24, 2.45) is 5.41 Å². The van der Waals surface area contributed by atoms with E-state index in [1.54, 1.807) is 0 Å². The van der Waals surface area contributed by atoms with Gasteiger partial charge in [0, 0.05) is 6.42 Å². The second kappa shape index (κ2) is 4.73. The van der Waals surface area contributed by atoms with E-state index in [9.17, 15) is 4.79 Å². The fraction of sp³-hybridized carbons (Fsp3) is 0.800. The number of hydrogen-bond acceptors (Lipinski definition) is 1. The minimum Gasteiger partial charge on any atom is -0.295 e. The molecule has 16 heavy (non-hydrogen) atoms. The zero-order chi connectivity index (χ0) is 11.6. The van der Waals surface area contributed by atoms with Gasteiger partial charge in [0.2, 0.25) is 0 Å². The van der Waals surface area contributed by atoms with Crippen LogP contribution in [0, 0.1) is 5.41 Å². The van der Waals surface area contributed by atoms with E-state index in [2.05, 4.69) is 13.8 Å². The molecule has 0 N–H and O–H groups in total. The first kappa shape index (κ1) is 11.9. The molecule has 0 aromatic rings. The van der Waals surface area contributed by atoms with Gasteiger partial charge in [0.1, 0.15) is 0 Å². The lowest BCUT2D eigenvalue weighted by Crippen LogP contribution is -2.25. The molecule has 0 saturated heterocycles. The van der Waals surface area contributed by atoms with Crippen LogP contribution in [-0.2, 0) is 4.79 Å². The largest absolute Gasteiger partial charge is 0.295 e. The second-order valence-electron chi connectivity index (χ2n) is 6.29. The van der Waals surface area contributed by atoms with Gasteiger partial charge in [-0.3, -0.25) is 4.79 Å². The predicted molar refractivity (Wildman–Crippen MR) is 67.4 cm³/mol. The Morgan fingerprint density at radius 1 is 0.875 bits per heavy atom. The summed E-state index contributed by atoms with van der Waals surface area (Å²) in [7, 11) is 0. The molecule has 0 fully saturated rings. The number of ketones is 1. The third-order valence-electron chi connectivity index (χ3n) is 4.00. The quantitative estimate of drug-likeness (QED) is 0.590. The predicted octanol–water partition coefficient (Wildman–Crippen LogP) is 4.42. The molecule has 0 heterocycles. The number of Topliss-reactive ketones (excluding diaryl/α,β-unsaturated/α-hetero) is 1. The molecule has 0 radical (unpaired) electrons. The average Bonchev–Trinajstić information content (AvgIpc) is 2.27. The van der Waals surface area contributed by atoms with Crippen LogP contribution in [-0.4, -0.2) is 5.78 Å². The lowest BCUT2D eigenvalue weighted by atomic mass is 9.72. The Morgan fingerprint density at radius 2 is 1.50 bits per heavy atom. The van der Waals surface area contributed by atoms with E-state index >= 15 is 0 Å². The molecule has 2 aliphatic rings. The van der Waals surface area contributed by atoms with Crippen molar-refractivity contribution in [1.29, 1.82) is 0 Å². The summed E-state index contributed by atoms with van der Waals surface area (Å²) in [5, 5.41) is 0. The number of carbonyl (C=O) groups excluding carboxylic acids is 1. The minimum atomic E-state index is 0.212. The second-order valence-corrected chi connectivity index (χ2v) is 6.29. The van der Waals surface area contributed by atoms with Crippen molar-refractivity contribution < 1.29 is 4.79 Å². The van der Waals surface area contributed by atoms with Gasteiger partial charge in [-0.25, -0.2) is 0 Å².